The van der Waals surface area contributed by atoms with E-state index in [0.717, 1.165) is 45.4 Å². The van der Waals surface area contributed by atoms with Crippen molar-refractivity contribution in [2.24, 2.45) is 5.92 Å². The lowest BCUT2D eigenvalue weighted by Gasteiger charge is -2.29. The molecular formula is C12H21N5O. The van der Waals surface area contributed by atoms with Crippen molar-refractivity contribution < 1.29 is 4.79 Å². The first-order valence-corrected chi connectivity index (χ1v) is 6.67. The first-order chi connectivity index (χ1) is 8.81. The molecule has 0 atom stereocenters. The van der Waals surface area contributed by atoms with Gasteiger partial charge in [-0.3, -0.25) is 4.79 Å². The molecule has 1 fully saturated rings. The fraction of sp³-hybridized carbons (Fsp3) is 0.750. The minimum Gasteiger partial charge on any atom is -0.337 e. The molecule has 1 aromatic rings. The Hall–Kier alpha value is -1.43. The van der Waals surface area contributed by atoms with Crippen LogP contribution in [0.3, 0.4) is 0 Å². The second-order valence-corrected chi connectivity index (χ2v) is 4.80. The second-order valence-electron chi connectivity index (χ2n) is 4.80. The van der Waals surface area contributed by atoms with Crippen LogP contribution in [0.1, 0.15) is 36.7 Å². The Morgan fingerprint density at radius 2 is 2.28 bits per heavy atom. The summed E-state index contributed by atoms with van der Waals surface area (Å²) in [7, 11) is 0. The average molecular weight is 251 g/mol. The van der Waals surface area contributed by atoms with Crippen molar-refractivity contribution in [2.75, 3.05) is 26.2 Å². The second kappa shape index (κ2) is 6.49. The highest BCUT2D eigenvalue weighted by Crippen LogP contribution is 2.15. The van der Waals surface area contributed by atoms with E-state index in [1.54, 1.807) is 0 Å². The Bertz CT molecular complexity index is 359. The third-order valence-electron chi connectivity index (χ3n) is 3.35. The number of aromatic amines is 1. The number of carbonyl (C=O) groups excluding carboxylic acids is 1. The number of amides is 1. The Morgan fingerprint density at radius 1 is 1.50 bits per heavy atom. The van der Waals surface area contributed by atoms with Crippen molar-refractivity contribution in [3.63, 3.8) is 0 Å². The largest absolute Gasteiger partial charge is 0.337 e. The van der Waals surface area contributed by atoms with Gasteiger partial charge >= 0.3 is 0 Å². The Morgan fingerprint density at radius 3 is 2.89 bits per heavy atom. The molecule has 1 amide bonds. The Balaban J connectivity index is 1.96. The number of nitrogens with zero attached hydrogens (tertiary/aromatic N) is 3. The summed E-state index contributed by atoms with van der Waals surface area (Å²) in [6.45, 7) is 5.83. The highest BCUT2D eigenvalue weighted by atomic mass is 16.2. The molecule has 1 aliphatic heterocycles. The van der Waals surface area contributed by atoms with Crippen LogP contribution >= 0.6 is 0 Å². The van der Waals surface area contributed by atoms with E-state index in [2.05, 4.69) is 27.7 Å². The smallest absolute Gasteiger partial charge is 0.276 e. The lowest BCUT2D eigenvalue weighted by atomic mass is 9.97. The van der Waals surface area contributed by atoms with Gasteiger partial charge in [-0.25, -0.2) is 0 Å². The van der Waals surface area contributed by atoms with Crippen molar-refractivity contribution in [1.29, 1.82) is 0 Å². The monoisotopic (exact) mass is 251 g/mol. The van der Waals surface area contributed by atoms with Gasteiger partial charge < -0.3 is 10.2 Å². The standard InChI is InChI=1S/C12H21N5O/c1-2-7-17(9-10-3-5-13-6-4-10)12(18)11-8-14-16-15-11/h8,10,13H,2-7,9H2,1H3,(H,14,15,16). The lowest BCUT2D eigenvalue weighted by Crippen LogP contribution is -2.39. The molecule has 6 heteroatoms. The van der Waals surface area contributed by atoms with Crippen molar-refractivity contribution in [3.05, 3.63) is 11.9 Å². The van der Waals surface area contributed by atoms with E-state index in [0.29, 0.717) is 11.6 Å². The SMILES string of the molecule is CCCN(CC1CCNCC1)C(=O)c1cn[nH]n1. The number of carbonyl (C=O) groups is 1. The summed E-state index contributed by atoms with van der Waals surface area (Å²) in [4.78, 5) is 14.2. The van der Waals surface area contributed by atoms with Crippen LogP contribution in [-0.4, -0.2) is 52.4 Å². The van der Waals surface area contributed by atoms with E-state index in [4.69, 9.17) is 0 Å². The summed E-state index contributed by atoms with van der Waals surface area (Å²) >= 11 is 0. The van der Waals surface area contributed by atoms with Gasteiger partial charge in [0.05, 0.1) is 6.20 Å². The van der Waals surface area contributed by atoms with E-state index >= 15 is 0 Å². The first kappa shape index (κ1) is 13.0. The number of nitrogens with one attached hydrogen (secondary N) is 2. The summed E-state index contributed by atoms with van der Waals surface area (Å²) in [6.07, 6.45) is 4.75. The molecule has 0 spiro atoms. The van der Waals surface area contributed by atoms with Gasteiger partial charge in [0.1, 0.15) is 0 Å². The molecule has 2 heterocycles. The minimum atomic E-state index is -0.0101. The number of hydrogen-bond donors (Lipinski definition) is 2. The molecule has 0 radical (unpaired) electrons. The maximum absolute atomic E-state index is 12.3. The van der Waals surface area contributed by atoms with E-state index < -0.39 is 0 Å². The van der Waals surface area contributed by atoms with Crippen LogP contribution in [0.5, 0.6) is 0 Å². The highest BCUT2D eigenvalue weighted by molar-refractivity contribution is 5.91. The molecule has 1 aliphatic rings. The van der Waals surface area contributed by atoms with Crippen LogP contribution in [0.4, 0.5) is 0 Å². The average Bonchev–Trinajstić information content (AvgIpc) is 2.92. The zero-order valence-electron chi connectivity index (χ0n) is 10.9. The molecule has 0 aliphatic carbocycles. The predicted molar refractivity (Wildman–Crippen MR) is 68.2 cm³/mol. The van der Waals surface area contributed by atoms with Crippen LogP contribution in [0.2, 0.25) is 0 Å². The topological polar surface area (TPSA) is 73.9 Å². The summed E-state index contributed by atoms with van der Waals surface area (Å²) < 4.78 is 0. The van der Waals surface area contributed by atoms with Gasteiger partial charge in [-0.1, -0.05) is 6.92 Å². The van der Waals surface area contributed by atoms with Crippen molar-refractivity contribution in [1.82, 2.24) is 25.6 Å². The number of H-pyrrole nitrogens is 1. The quantitative estimate of drug-likeness (QED) is 0.806. The van der Waals surface area contributed by atoms with Crippen molar-refractivity contribution in [2.45, 2.75) is 26.2 Å². The van der Waals surface area contributed by atoms with Gasteiger partial charge in [-0.2, -0.15) is 15.4 Å². The summed E-state index contributed by atoms with van der Waals surface area (Å²) in [5.74, 6) is 0.595. The molecule has 100 valence electrons. The molecule has 0 saturated carbocycles. The zero-order chi connectivity index (χ0) is 12.8. The van der Waals surface area contributed by atoms with Crippen LogP contribution in [-0.2, 0) is 0 Å². The third-order valence-corrected chi connectivity index (χ3v) is 3.35. The molecule has 1 aromatic heterocycles. The van der Waals surface area contributed by atoms with E-state index in [-0.39, 0.29) is 5.91 Å². The summed E-state index contributed by atoms with van der Waals surface area (Å²) in [5, 5.41) is 13.4. The van der Waals surface area contributed by atoms with Crippen LogP contribution in [0.25, 0.3) is 0 Å². The molecule has 0 unspecified atom stereocenters. The number of aromatic nitrogens is 3. The highest BCUT2D eigenvalue weighted by Gasteiger charge is 2.22. The van der Waals surface area contributed by atoms with Crippen LogP contribution in [0, 0.1) is 5.92 Å². The molecule has 0 aromatic carbocycles. The normalized spacial score (nSPS) is 16.7. The van der Waals surface area contributed by atoms with Gasteiger partial charge in [0.25, 0.3) is 5.91 Å². The Kier molecular flexibility index (Phi) is 4.69. The third kappa shape index (κ3) is 3.29. The molecular weight excluding hydrogens is 230 g/mol. The molecule has 0 bridgehead atoms. The zero-order valence-corrected chi connectivity index (χ0v) is 10.9. The summed E-state index contributed by atoms with van der Waals surface area (Å²) in [5.41, 5.74) is 0.414. The molecule has 6 nitrogen and oxygen atoms in total. The summed E-state index contributed by atoms with van der Waals surface area (Å²) in [6, 6.07) is 0. The van der Waals surface area contributed by atoms with Crippen LogP contribution in [0.15, 0.2) is 6.20 Å². The first-order valence-electron chi connectivity index (χ1n) is 6.67. The minimum absolute atomic E-state index is 0.0101. The van der Waals surface area contributed by atoms with Gasteiger partial charge in [0, 0.05) is 13.1 Å². The maximum Gasteiger partial charge on any atom is 0.276 e. The Labute approximate surface area is 107 Å². The van der Waals surface area contributed by atoms with Crippen molar-refractivity contribution >= 4 is 5.91 Å². The lowest BCUT2D eigenvalue weighted by molar-refractivity contribution is 0.0710. The molecule has 18 heavy (non-hydrogen) atoms. The van der Waals surface area contributed by atoms with E-state index in [9.17, 15) is 4.79 Å². The number of hydrogen-bond acceptors (Lipinski definition) is 4. The van der Waals surface area contributed by atoms with Gasteiger partial charge in [0.15, 0.2) is 5.69 Å². The van der Waals surface area contributed by atoms with E-state index in [1.807, 2.05) is 4.90 Å². The van der Waals surface area contributed by atoms with Gasteiger partial charge in [0.2, 0.25) is 0 Å². The fourth-order valence-electron chi connectivity index (χ4n) is 2.39. The predicted octanol–water partition coefficient (Wildman–Crippen LogP) is 0.657. The number of piperidine rings is 1. The molecule has 2 rings (SSSR count). The maximum atomic E-state index is 12.3. The van der Waals surface area contributed by atoms with Gasteiger partial charge in [-0.05, 0) is 38.3 Å². The number of rotatable bonds is 5. The van der Waals surface area contributed by atoms with Gasteiger partial charge in [-0.15, -0.1) is 0 Å². The molecule has 2 N–H and O–H groups in total. The van der Waals surface area contributed by atoms with Crippen molar-refractivity contribution in [3.8, 4) is 0 Å². The molecule has 1 saturated heterocycles. The van der Waals surface area contributed by atoms with E-state index in [1.165, 1.54) is 6.20 Å². The van der Waals surface area contributed by atoms with Crippen LogP contribution < -0.4 is 5.32 Å². The fourth-order valence-corrected chi connectivity index (χ4v) is 2.39.